The van der Waals surface area contributed by atoms with Crippen molar-refractivity contribution in [1.82, 2.24) is 15.5 Å². The van der Waals surface area contributed by atoms with Gasteiger partial charge in [-0.15, -0.1) is 10.2 Å². The smallest absolute Gasteiger partial charge is 0.328 e. The molecule has 0 saturated heterocycles. The molecule has 20 heavy (non-hydrogen) atoms. The van der Waals surface area contributed by atoms with Gasteiger partial charge in [0, 0.05) is 7.05 Å². The molecule has 7 nitrogen and oxygen atoms in total. The van der Waals surface area contributed by atoms with Gasteiger partial charge in [-0.1, -0.05) is 13.8 Å². The molecule has 1 amide bonds. The number of nitrogens with zero attached hydrogens (tertiary/aromatic N) is 2. The molecule has 0 saturated carbocycles. The lowest BCUT2D eigenvalue weighted by molar-refractivity contribution is -0.141. The largest absolute Gasteiger partial charge is 0.467 e. The second-order valence-corrected chi connectivity index (χ2v) is 4.73. The van der Waals surface area contributed by atoms with E-state index in [0.29, 0.717) is 18.2 Å². The highest BCUT2D eigenvalue weighted by Crippen LogP contribution is 2.12. The lowest BCUT2D eigenvalue weighted by Gasteiger charge is -2.18. The van der Waals surface area contributed by atoms with E-state index in [9.17, 15) is 9.59 Å². The summed E-state index contributed by atoms with van der Waals surface area (Å²) in [6.45, 7) is 4.02. The maximum absolute atomic E-state index is 11.7. The molecule has 110 valence electrons. The molecule has 2 N–H and O–H groups in total. The van der Waals surface area contributed by atoms with Crippen LogP contribution < -0.4 is 10.6 Å². The van der Waals surface area contributed by atoms with Gasteiger partial charge in [0.2, 0.25) is 0 Å². The van der Waals surface area contributed by atoms with E-state index < -0.39 is 6.04 Å². The molecule has 0 aliphatic heterocycles. The molecule has 1 aromatic rings. The zero-order valence-electron chi connectivity index (χ0n) is 12.1. The summed E-state index contributed by atoms with van der Waals surface area (Å²) in [5.41, 5.74) is 0.219. The van der Waals surface area contributed by atoms with Crippen LogP contribution in [0.15, 0.2) is 12.1 Å². The van der Waals surface area contributed by atoms with E-state index in [1.54, 1.807) is 6.07 Å². The molecule has 0 spiro atoms. The van der Waals surface area contributed by atoms with Gasteiger partial charge in [0.25, 0.3) is 5.91 Å². The predicted molar refractivity (Wildman–Crippen MR) is 74.3 cm³/mol. The van der Waals surface area contributed by atoms with Gasteiger partial charge in [-0.05, 0) is 24.5 Å². The lowest BCUT2D eigenvalue weighted by atomic mass is 10.0. The first-order valence-electron chi connectivity index (χ1n) is 6.38. The highest BCUT2D eigenvalue weighted by Gasteiger charge is 2.21. The fourth-order valence-corrected chi connectivity index (χ4v) is 1.66. The Morgan fingerprint density at radius 2 is 2.00 bits per heavy atom. The minimum atomic E-state index is -0.486. The van der Waals surface area contributed by atoms with E-state index in [0.717, 1.165) is 0 Å². The van der Waals surface area contributed by atoms with Gasteiger partial charge in [-0.25, -0.2) is 4.79 Å². The average molecular weight is 280 g/mol. The number of amides is 1. The van der Waals surface area contributed by atoms with Gasteiger partial charge in [0.05, 0.1) is 7.11 Å². The molecular formula is C13H20N4O3. The number of nitrogens with one attached hydrogen (secondary N) is 2. The number of methoxy groups -OCH3 is 1. The highest BCUT2D eigenvalue weighted by atomic mass is 16.5. The third-order valence-electron chi connectivity index (χ3n) is 2.64. The molecule has 1 rings (SSSR count). The van der Waals surface area contributed by atoms with Crippen LogP contribution in [0, 0.1) is 5.92 Å². The van der Waals surface area contributed by atoms with Crippen LogP contribution in [0.4, 0.5) is 5.82 Å². The summed E-state index contributed by atoms with van der Waals surface area (Å²) in [6, 6.07) is 2.66. The first-order chi connectivity index (χ1) is 9.47. The molecule has 0 aliphatic rings. The van der Waals surface area contributed by atoms with Gasteiger partial charge in [0.15, 0.2) is 5.69 Å². The van der Waals surface area contributed by atoms with Crippen molar-refractivity contribution in [3.63, 3.8) is 0 Å². The van der Waals surface area contributed by atoms with E-state index in [1.807, 2.05) is 13.8 Å². The second kappa shape index (κ2) is 7.42. The number of ether oxygens (including phenoxy) is 1. The standard InChI is InChI=1S/C13H20N4O3/c1-8(2)7-10(13(19)20-4)15-11-6-5-9(16-17-11)12(18)14-3/h5-6,8,10H,7H2,1-4H3,(H,14,18)(H,15,17). The number of aromatic nitrogens is 2. The zero-order valence-corrected chi connectivity index (χ0v) is 12.1. The molecule has 0 bridgehead atoms. The van der Waals surface area contributed by atoms with Crippen LogP contribution >= 0.6 is 0 Å². The fraction of sp³-hybridized carbons (Fsp3) is 0.538. The Balaban J connectivity index is 2.78. The molecule has 0 aromatic carbocycles. The first-order valence-corrected chi connectivity index (χ1v) is 6.38. The minimum Gasteiger partial charge on any atom is -0.467 e. The maximum atomic E-state index is 11.7. The minimum absolute atomic E-state index is 0.219. The SMILES string of the molecule is CNC(=O)c1ccc(NC(CC(C)C)C(=O)OC)nn1. The van der Waals surface area contributed by atoms with Crippen LogP contribution in [-0.2, 0) is 9.53 Å². The number of carbonyl (C=O) groups excluding carboxylic acids is 2. The Morgan fingerprint density at radius 3 is 2.45 bits per heavy atom. The summed E-state index contributed by atoms with van der Waals surface area (Å²) >= 11 is 0. The Labute approximate surface area is 118 Å². The highest BCUT2D eigenvalue weighted by molar-refractivity contribution is 5.91. The fourth-order valence-electron chi connectivity index (χ4n) is 1.66. The van der Waals surface area contributed by atoms with Crippen LogP contribution in [0.3, 0.4) is 0 Å². The Kier molecular flexibility index (Phi) is 5.89. The zero-order chi connectivity index (χ0) is 15.1. The van der Waals surface area contributed by atoms with E-state index >= 15 is 0 Å². The molecule has 1 aromatic heterocycles. The molecule has 1 atom stereocenters. The maximum Gasteiger partial charge on any atom is 0.328 e. The van der Waals surface area contributed by atoms with Gasteiger partial charge >= 0.3 is 5.97 Å². The van der Waals surface area contributed by atoms with Crippen LogP contribution in [0.5, 0.6) is 0 Å². The van der Waals surface area contributed by atoms with Gasteiger partial charge in [0.1, 0.15) is 11.9 Å². The number of rotatable bonds is 6. The van der Waals surface area contributed by atoms with Crippen LogP contribution in [0.2, 0.25) is 0 Å². The topological polar surface area (TPSA) is 93.2 Å². The molecule has 1 heterocycles. The number of anilines is 1. The van der Waals surface area contributed by atoms with E-state index in [-0.39, 0.29) is 17.6 Å². The van der Waals surface area contributed by atoms with E-state index in [4.69, 9.17) is 4.74 Å². The molecule has 0 radical (unpaired) electrons. The van der Waals surface area contributed by atoms with Crippen molar-refractivity contribution in [3.05, 3.63) is 17.8 Å². The van der Waals surface area contributed by atoms with Crippen molar-refractivity contribution in [3.8, 4) is 0 Å². The number of hydrogen-bond donors (Lipinski definition) is 2. The number of hydrogen-bond acceptors (Lipinski definition) is 6. The van der Waals surface area contributed by atoms with Crippen molar-refractivity contribution in [2.24, 2.45) is 5.92 Å². The number of esters is 1. The molecule has 7 heteroatoms. The van der Waals surface area contributed by atoms with Crippen LogP contribution in [0.1, 0.15) is 30.8 Å². The first kappa shape index (κ1) is 15.9. The summed E-state index contributed by atoms with van der Waals surface area (Å²) in [5, 5.41) is 13.1. The van der Waals surface area contributed by atoms with Gasteiger partial charge in [-0.2, -0.15) is 0 Å². The van der Waals surface area contributed by atoms with Crippen molar-refractivity contribution < 1.29 is 14.3 Å². The normalized spacial score (nSPS) is 11.8. The summed E-state index contributed by atoms with van der Waals surface area (Å²) in [6.07, 6.45) is 0.617. The number of carbonyl (C=O) groups is 2. The molecule has 1 unspecified atom stereocenters. The molecule has 0 aliphatic carbocycles. The third-order valence-corrected chi connectivity index (χ3v) is 2.64. The predicted octanol–water partition coefficient (Wildman–Crippen LogP) is 0.836. The quantitative estimate of drug-likeness (QED) is 0.750. The van der Waals surface area contributed by atoms with Gasteiger partial charge in [-0.3, -0.25) is 4.79 Å². The molecule has 0 fully saturated rings. The monoisotopic (exact) mass is 280 g/mol. The second-order valence-electron chi connectivity index (χ2n) is 4.73. The summed E-state index contributed by atoms with van der Waals surface area (Å²) in [7, 11) is 2.86. The Morgan fingerprint density at radius 1 is 1.30 bits per heavy atom. The van der Waals surface area contributed by atoms with Crippen molar-refractivity contribution in [2.45, 2.75) is 26.3 Å². The summed E-state index contributed by atoms with van der Waals surface area (Å²) in [5.74, 6) is 0.0880. The average Bonchev–Trinajstić information content (AvgIpc) is 2.45. The van der Waals surface area contributed by atoms with Crippen molar-refractivity contribution >= 4 is 17.7 Å². The van der Waals surface area contributed by atoms with Crippen LogP contribution in [-0.4, -0.2) is 42.3 Å². The lowest BCUT2D eigenvalue weighted by Crippen LogP contribution is -2.32. The van der Waals surface area contributed by atoms with Gasteiger partial charge < -0.3 is 15.4 Å². The Hall–Kier alpha value is -2.18. The van der Waals surface area contributed by atoms with E-state index in [1.165, 1.54) is 20.2 Å². The van der Waals surface area contributed by atoms with Crippen molar-refractivity contribution in [1.29, 1.82) is 0 Å². The Bertz CT molecular complexity index is 459. The summed E-state index contributed by atoms with van der Waals surface area (Å²) < 4.78 is 4.75. The van der Waals surface area contributed by atoms with Crippen molar-refractivity contribution in [2.75, 3.05) is 19.5 Å². The van der Waals surface area contributed by atoms with Crippen LogP contribution in [0.25, 0.3) is 0 Å². The molecular weight excluding hydrogens is 260 g/mol. The van der Waals surface area contributed by atoms with E-state index in [2.05, 4.69) is 20.8 Å². The summed E-state index contributed by atoms with van der Waals surface area (Å²) in [4.78, 5) is 23.0. The third kappa shape index (κ3) is 4.49.